The maximum Gasteiger partial charge on any atom is 0.225 e. The topological polar surface area (TPSA) is 93.4 Å². The van der Waals surface area contributed by atoms with Crippen LogP contribution in [0.1, 0.15) is 18.5 Å². The molecule has 5 rings (SSSR count). The van der Waals surface area contributed by atoms with Crippen molar-refractivity contribution >= 4 is 17.5 Å². The van der Waals surface area contributed by atoms with Gasteiger partial charge in [-0.2, -0.15) is 9.67 Å². The molecule has 0 saturated carbocycles. The summed E-state index contributed by atoms with van der Waals surface area (Å²) in [4.78, 5) is 9.03. The highest BCUT2D eigenvalue weighted by Gasteiger charge is 2.23. The first-order valence-corrected chi connectivity index (χ1v) is 8.73. The van der Waals surface area contributed by atoms with Crippen molar-refractivity contribution in [3.05, 3.63) is 66.1 Å². The van der Waals surface area contributed by atoms with Crippen molar-refractivity contribution in [2.45, 2.75) is 13.0 Å². The monoisotopic (exact) mass is 374 g/mol. The number of para-hydroxylation sites is 2. The molecule has 138 valence electrons. The Hall–Kier alpha value is -3.88. The van der Waals surface area contributed by atoms with Crippen LogP contribution in [0.15, 0.2) is 54.7 Å². The lowest BCUT2D eigenvalue weighted by molar-refractivity contribution is 0.626. The second-order valence-electron chi connectivity index (χ2n) is 6.43. The highest BCUT2D eigenvalue weighted by atomic mass is 19.1. The minimum absolute atomic E-state index is 0.0953. The van der Waals surface area contributed by atoms with E-state index in [9.17, 15) is 4.39 Å². The predicted octanol–water partition coefficient (Wildman–Crippen LogP) is 3.49. The minimum Gasteiger partial charge on any atom is -0.348 e. The van der Waals surface area contributed by atoms with E-state index in [1.54, 1.807) is 23.0 Å². The average Bonchev–Trinajstić information content (AvgIpc) is 3.14. The molecular weight excluding hydrogens is 359 g/mol. The third kappa shape index (κ3) is 2.73. The molecule has 8 nitrogen and oxygen atoms in total. The molecule has 0 fully saturated rings. The Morgan fingerprint density at radius 3 is 2.79 bits per heavy atom. The molecule has 0 bridgehead atoms. The molecule has 0 radical (unpaired) electrons. The van der Waals surface area contributed by atoms with Gasteiger partial charge in [0.2, 0.25) is 5.95 Å². The average molecular weight is 374 g/mol. The van der Waals surface area contributed by atoms with E-state index in [1.807, 2.05) is 31.2 Å². The van der Waals surface area contributed by atoms with Crippen molar-refractivity contribution < 1.29 is 4.39 Å². The molecule has 2 N–H and O–H groups in total. The lowest BCUT2D eigenvalue weighted by Crippen LogP contribution is -2.10. The lowest BCUT2D eigenvalue weighted by atomic mass is 10.1. The Kier molecular flexibility index (Phi) is 3.71. The fraction of sp³-hybridized carbons (Fsp3) is 0.105. The van der Waals surface area contributed by atoms with Gasteiger partial charge in [0.1, 0.15) is 11.6 Å². The third-order valence-corrected chi connectivity index (χ3v) is 4.60. The molecule has 28 heavy (non-hydrogen) atoms. The van der Waals surface area contributed by atoms with Gasteiger partial charge in [0.25, 0.3) is 0 Å². The van der Waals surface area contributed by atoms with Gasteiger partial charge >= 0.3 is 0 Å². The third-order valence-electron chi connectivity index (χ3n) is 4.60. The molecule has 1 atom stereocenters. The molecule has 0 spiro atoms. The van der Waals surface area contributed by atoms with Crippen LogP contribution >= 0.6 is 0 Å². The summed E-state index contributed by atoms with van der Waals surface area (Å²) in [7, 11) is 0. The molecular formula is C19H15FN8. The maximum atomic E-state index is 13.1. The first kappa shape index (κ1) is 16.3. The van der Waals surface area contributed by atoms with Crippen LogP contribution in [-0.2, 0) is 0 Å². The van der Waals surface area contributed by atoms with Gasteiger partial charge < -0.3 is 10.6 Å². The van der Waals surface area contributed by atoms with E-state index < -0.39 is 0 Å². The van der Waals surface area contributed by atoms with Crippen LogP contribution in [0.5, 0.6) is 0 Å². The van der Waals surface area contributed by atoms with Crippen molar-refractivity contribution in [1.29, 1.82) is 0 Å². The van der Waals surface area contributed by atoms with Gasteiger partial charge in [-0.3, -0.25) is 0 Å². The van der Waals surface area contributed by atoms with Gasteiger partial charge in [0.15, 0.2) is 5.82 Å². The van der Waals surface area contributed by atoms with Crippen molar-refractivity contribution in [3.63, 3.8) is 0 Å². The normalized spacial score (nSPS) is 12.8. The molecule has 2 aromatic heterocycles. The van der Waals surface area contributed by atoms with Crippen molar-refractivity contribution in [2.75, 3.05) is 10.6 Å². The Bertz CT molecular complexity index is 1150. The van der Waals surface area contributed by atoms with Crippen LogP contribution < -0.4 is 10.6 Å². The number of halogens is 1. The minimum atomic E-state index is -0.266. The second kappa shape index (κ2) is 6.38. The zero-order chi connectivity index (χ0) is 19.1. The fourth-order valence-electron chi connectivity index (χ4n) is 3.15. The highest BCUT2D eigenvalue weighted by Crippen LogP contribution is 2.35. The number of anilines is 3. The van der Waals surface area contributed by atoms with Gasteiger partial charge in [-0.05, 0) is 47.2 Å². The van der Waals surface area contributed by atoms with Gasteiger partial charge in [-0.1, -0.05) is 24.3 Å². The van der Waals surface area contributed by atoms with Crippen LogP contribution in [0.3, 0.4) is 0 Å². The van der Waals surface area contributed by atoms with E-state index in [0.29, 0.717) is 23.2 Å². The number of nitrogens with one attached hydrogen (secondary N) is 2. The zero-order valence-corrected chi connectivity index (χ0v) is 14.8. The molecule has 1 aliphatic heterocycles. The Morgan fingerprint density at radius 2 is 1.93 bits per heavy atom. The summed E-state index contributed by atoms with van der Waals surface area (Å²) >= 11 is 0. The van der Waals surface area contributed by atoms with Gasteiger partial charge in [0.05, 0.1) is 23.0 Å². The molecule has 0 saturated heterocycles. The Balaban J connectivity index is 1.52. The highest BCUT2D eigenvalue weighted by molar-refractivity contribution is 5.81. The lowest BCUT2D eigenvalue weighted by Gasteiger charge is -2.15. The smallest absolute Gasteiger partial charge is 0.225 e. The van der Waals surface area contributed by atoms with E-state index in [-0.39, 0.29) is 11.9 Å². The van der Waals surface area contributed by atoms with Gasteiger partial charge in [-0.25, -0.2) is 9.37 Å². The molecule has 1 unspecified atom stereocenters. The largest absolute Gasteiger partial charge is 0.348 e. The first-order chi connectivity index (χ1) is 13.7. The summed E-state index contributed by atoms with van der Waals surface area (Å²) in [5, 5.41) is 18.6. The number of benzene rings is 2. The van der Waals surface area contributed by atoms with Gasteiger partial charge in [-0.15, -0.1) is 5.10 Å². The molecule has 0 aliphatic carbocycles. The van der Waals surface area contributed by atoms with Crippen LogP contribution in [0, 0.1) is 5.82 Å². The second-order valence-corrected chi connectivity index (χ2v) is 6.43. The summed E-state index contributed by atoms with van der Waals surface area (Å²) in [6, 6.07) is 14.0. The van der Waals surface area contributed by atoms with Gasteiger partial charge in [0, 0.05) is 6.20 Å². The van der Waals surface area contributed by atoms with E-state index in [1.165, 1.54) is 12.1 Å². The Labute approximate surface area is 159 Å². The number of fused-ring (bicyclic) bond motifs is 5. The standard InChI is InChI=1S/C19H15FN8/c1-11(12-6-8-13(20)9-7-12)22-19-21-10-14-17(24-19)23-15-4-2-3-5-16(15)28-18(14)25-26-27-28/h2-11H,1H3,(H2,21,22,23,24). The van der Waals surface area contributed by atoms with E-state index in [2.05, 4.69) is 36.1 Å². The molecule has 9 heteroatoms. The number of nitrogens with zero attached hydrogens (tertiary/aromatic N) is 6. The maximum absolute atomic E-state index is 13.1. The summed E-state index contributed by atoms with van der Waals surface area (Å²) in [6.07, 6.45) is 1.68. The van der Waals surface area contributed by atoms with E-state index >= 15 is 0 Å². The van der Waals surface area contributed by atoms with E-state index in [0.717, 1.165) is 16.9 Å². The quantitative estimate of drug-likeness (QED) is 0.499. The predicted molar refractivity (Wildman–Crippen MR) is 102 cm³/mol. The number of rotatable bonds is 3. The number of hydrogen-bond acceptors (Lipinski definition) is 7. The number of tetrazole rings is 1. The van der Waals surface area contributed by atoms with Crippen LogP contribution in [-0.4, -0.2) is 30.2 Å². The van der Waals surface area contributed by atoms with Crippen molar-refractivity contribution in [2.24, 2.45) is 0 Å². The SMILES string of the molecule is CC(Nc1ncc2c(n1)Nc1ccccc1-n1nnnc1-2)c1ccc(F)cc1. The van der Waals surface area contributed by atoms with Crippen LogP contribution in [0.25, 0.3) is 17.1 Å². The van der Waals surface area contributed by atoms with Crippen molar-refractivity contribution in [3.8, 4) is 17.1 Å². The van der Waals surface area contributed by atoms with E-state index in [4.69, 9.17) is 0 Å². The summed E-state index contributed by atoms with van der Waals surface area (Å²) in [6.45, 7) is 1.96. The van der Waals surface area contributed by atoms with Crippen molar-refractivity contribution in [1.82, 2.24) is 30.2 Å². The van der Waals surface area contributed by atoms with Crippen LogP contribution in [0.4, 0.5) is 21.8 Å². The molecule has 3 heterocycles. The summed E-state index contributed by atoms with van der Waals surface area (Å²) < 4.78 is 14.8. The zero-order valence-electron chi connectivity index (χ0n) is 14.8. The Morgan fingerprint density at radius 1 is 1.11 bits per heavy atom. The molecule has 2 aromatic carbocycles. The molecule has 0 amide bonds. The summed E-state index contributed by atoms with van der Waals surface area (Å²) in [5.74, 6) is 1.34. The molecule has 4 aromatic rings. The number of hydrogen-bond donors (Lipinski definition) is 2. The molecule has 1 aliphatic rings. The first-order valence-electron chi connectivity index (χ1n) is 8.73. The fourth-order valence-corrected chi connectivity index (χ4v) is 3.15. The number of aromatic nitrogens is 6. The van der Waals surface area contributed by atoms with Crippen LogP contribution in [0.2, 0.25) is 0 Å². The summed E-state index contributed by atoms with van der Waals surface area (Å²) in [5.41, 5.74) is 3.30.